The van der Waals surface area contributed by atoms with Gasteiger partial charge >= 0.3 is 5.97 Å². The van der Waals surface area contributed by atoms with Crippen LogP contribution >= 0.6 is 0 Å². The van der Waals surface area contributed by atoms with E-state index in [2.05, 4.69) is 37.0 Å². The summed E-state index contributed by atoms with van der Waals surface area (Å²) < 4.78 is 0. The molecule has 2 aromatic heterocycles. The van der Waals surface area contributed by atoms with Crippen LogP contribution in [0.15, 0.2) is 24.4 Å². The highest BCUT2D eigenvalue weighted by atomic mass is 16.4. The van der Waals surface area contributed by atoms with Crippen molar-refractivity contribution in [1.29, 1.82) is 0 Å². The fourth-order valence-corrected chi connectivity index (χ4v) is 3.21. The zero-order valence-electron chi connectivity index (χ0n) is 14.1. The van der Waals surface area contributed by atoms with Gasteiger partial charge in [-0.3, -0.25) is 9.78 Å². The van der Waals surface area contributed by atoms with E-state index in [0.29, 0.717) is 18.7 Å². The van der Waals surface area contributed by atoms with Crippen LogP contribution in [0.1, 0.15) is 42.8 Å². The summed E-state index contributed by atoms with van der Waals surface area (Å²) in [5.41, 5.74) is 3.11. The summed E-state index contributed by atoms with van der Waals surface area (Å²) in [6.45, 7) is 3.67. The number of pyridine rings is 1. The van der Waals surface area contributed by atoms with Crippen molar-refractivity contribution in [3.05, 3.63) is 41.5 Å². The van der Waals surface area contributed by atoms with Crippen LogP contribution in [0.5, 0.6) is 0 Å². The van der Waals surface area contributed by atoms with Crippen LogP contribution in [0, 0.1) is 5.92 Å². The molecule has 0 saturated heterocycles. The number of tetrazole rings is 1. The van der Waals surface area contributed by atoms with Crippen molar-refractivity contribution in [2.45, 2.75) is 32.1 Å². The Kier molecular flexibility index (Phi) is 5.49. The number of nitrogens with zero attached hydrogens (tertiary/aromatic N) is 4. The third-order valence-corrected chi connectivity index (χ3v) is 4.51. The standard InChI is InChI=1S/C17H22N6O2/c1-2-3-13(17(24)25)14(16-20-22-23-21-16)8-11-4-5-15(19-9-11)12-6-7-18-10-12/h4-6,9,13-14,18H,2-3,7-8,10H2,1H3,(H,24,25)(H,20,21,22,23)/t13-,14-/m0/s1. The number of nitrogens with one attached hydrogen (secondary N) is 2. The zero-order chi connectivity index (χ0) is 17.6. The third-order valence-electron chi connectivity index (χ3n) is 4.51. The molecular weight excluding hydrogens is 320 g/mol. The first-order valence-corrected chi connectivity index (χ1v) is 8.50. The molecule has 3 heterocycles. The van der Waals surface area contributed by atoms with E-state index in [1.54, 1.807) is 0 Å². The summed E-state index contributed by atoms with van der Waals surface area (Å²) in [5.74, 6) is -1.28. The van der Waals surface area contributed by atoms with Crippen molar-refractivity contribution in [1.82, 2.24) is 30.9 Å². The quantitative estimate of drug-likeness (QED) is 0.664. The summed E-state index contributed by atoms with van der Waals surface area (Å²) in [6.07, 6.45) is 5.81. The molecule has 0 aliphatic carbocycles. The topological polar surface area (TPSA) is 117 Å². The van der Waals surface area contributed by atoms with Gasteiger partial charge in [0.15, 0.2) is 5.82 Å². The number of aromatic nitrogens is 5. The molecule has 25 heavy (non-hydrogen) atoms. The van der Waals surface area contributed by atoms with E-state index in [1.807, 2.05) is 25.3 Å². The number of hydrogen-bond acceptors (Lipinski definition) is 6. The van der Waals surface area contributed by atoms with Crippen molar-refractivity contribution < 1.29 is 9.90 Å². The number of rotatable bonds is 8. The second-order valence-corrected chi connectivity index (χ2v) is 6.23. The largest absolute Gasteiger partial charge is 0.481 e. The maximum absolute atomic E-state index is 11.7. The molecule has 0 bridgehead atoms. The van der Waals surface area contributed by atoms with E-state index in [0.717, 1.165) is 30.8 Å². The Bertz CT molecular complexity index is 726. The Morgan fingerprint density at radius 2 is 2.28 bits per heavy atom. The van der Waals surface area contributed by atoms with Gasteiger partial charge in [0.25, 0.3) is 0 Å². The molecule has 0 unspecified atom stereocenters. The van der Waals surface area contributed by atoms with Crippen molar-refractivity contribution in [3.63, 3.8) is 0 Å². The lowest BCUT2D eigenvalue weighted by Gasteiger charge is -2.21. The third kappa shape index (κ3) is 4.08. The normalized spacial score (nSPS) is 16.4. The van der Waals surface area contributed by atoms with Gasteiger partial charge in [0.2, 0.25) is 0 Å². The fraction of sp³-hybridized carbons (Fsp3) is 0.471. The highest BCUT2D eigenvalue weighted by molar-refractivity contribution is 5.71. The fourth-order valence-electron chi connectivity index (χ4n) is 3.21. The molecule has 0 aromatic carbocycles. The Labute approximate surface area is 145 Å². The van der Waals surface area contributed by atoms with E-state index in [9.17, 15) is 9.90 Å². The second kappa shape index (κ2) is 7.98. The maximum atomic E-state index is 11.7. The van der Waals surface area contributed by atoms with Gasteiger partial charge in [-0.05, 0) is 30.0 Å². The molecule has 132 valence electrons. The van der Waals surface area contributed by atoms with Crippen LogP contribution in [0.25, 0.3) is 5.57 Å². The van der Waals surface area contributed by atoms with E-state index < -0.39 is 11.9 Å². The number of carboxylic acids is 1. The first-order chi connectivity index (χ1) is 12.2. The summed E-state index contributed by atoms with van der Waals surface area (Å²) >= 11 is 0. The predicted molar refractivity (Wildman–Crippen MR) is 91.7 cm³/mol. The van der Waals surface area contributed by atoms with Crippen LogP contribution < -0.4 is 5.32 Å². The molecule has 8 heteroatoms. The lowest BCUT2D eigenvalue weighted by molar-refractivity contribution is -0.142. The van der Waals surface area contributed by atoms with E-state index >= 15 is 0 Å². The molecule has 0 spiro atoms. The molecule has 1 aliphatic heterocycles. The smallest absolute Gasteiger partial charge is 0.307 e. The molecule has 0 radical (unpaired) electrons. The summed E-state index contributed by atoms with van der Waals surface area (Å²) in [5, 5.41) is 27.0. The van der Waals surface area contributed by atoms with E-state index in [-0.39, 0.29) is 5.92 Å². The van der Waals surface area contributed by atoms with Gasteiger partial charge in [0.1, 0.15) is 0 Å². The molecule has 2 atom stereocenters. The number of H-pyrrole nitrogens is 1. The highest BCUT2D eigenvalue weighted by Gasteiger charge is 2.32. The van der Waals surface area contributed by atoms with Gasteiger partial charge in [-0.2, -0.15) is 5.21 Å². The predicted octanol–water partition coefficient (Wildman–Crippen LogP) is 1.41. The lowest BCUT2D eigenvalue weighted by atomic mass is 9.83. The molecule has 0 amide bonds. The van der Waals surface area contributed by atoms with Crippen LogP contribution in [-0.2, 0) is 11.2 Å². The Morgan fingerprint density at radius 1 is 1.40 bits per heavy atom. The molecule has 3 rings (SSSR count). The first-order valence-electron chi connectivity index (χ1n) is 8.50. The SMILES string of the molecule is CCC[C@H](C(=O)O)[C@H](Cc1ccc(C2=CCNC2)nc1)c1nn[nH]n1. The van der Waals surface area contributed by atoms with E-state index in [4.69, 9.17) is 0 Å². The molecule has 3 N–H and O–H groups in total. The monoisotopic (exact) mass is 342 g/mol. The Hall–Kier alpha value is -2.61. The maximum Gasteiger partial charge on any atom is 0.307 e. The summed E-state index contributed by atoms with van der Waals surface area (Å²) in [4.78, 5) is 16.3. The number of aromatic amines is 1. The van der Waals surface area contributed by atoms with Gasteiger partial charge < -0.3 is 10.4 Å². The van der Waals surface area contributed by atoms with Crippen LogP contribution in [0.3, 0.4) is 0 Å². The number of carboxylic acid groups (broad SMARTS) is 1. The van der Waals surface area contributed by atoms with Crippen LogP contribution in [-0.4, -0.2) is 49.8 Å². The lowest BCUT2D eigenvalue weighted by Crippen LogP contribution is -2.25. The van der Waals surface area contributed by atoms with Crippen LogP contribution in [0.4, 0.5) is 0 Å². The van der Waals surface area contributed by atoms with Gasteiger partial charge in [-0.25, -0.2) is 0 Å². The van der Waals surface area contributed by atoms with Gasteiger partial charge in [-0.1, -0.05) is 30.7 Å². The Balaban J connectivity index is 1.81. The summed E-state index contributed by atoms with van der Waals surface area (Å²) in [6, 6.07) is 3.98. The van der Waals surface area contributed by atoms with Crippen LogP contribution in [0.2, 0.25) is 0 Å². The zero-order valence-corrected chi connectivity index (χ0v) is 14.1. The van der Waals surface area contributed by atoms with Gasteiger partial charge in [0, 0.05) is 25.2 Å². The van der Waals surface area contributed by atoms with Crippen molar-refractivity contribution >= 4 is 11.5 Å². The van der Waals surface area contributed by atoms with Gasteiger partial charge in [-0.15, -0.1) is 10.2 Å². The molecule has 1 aliphatic rings. The number of carbonyl (C=O) groups is 1. The summed E-state index contributed by atoms with van der Waals surface area (Å²) in [7, 11) is 0. The molecule has 8 nitrogen and oxygen atoms in total. The minimum Gasteiger partial charge on any atom is -0.481 e. The van der Waals surface area contributed by atoms with Crippen molar-refractivity contribution in [2.75, 3.05) is 13.1 Å². The van der Waals surface area contributed by atoms with Crippen molar-refractivity contribution in [3.8, 4) is 0 Å². The number of hydrogen-bond donors (Lipinski definition) is 3. The van der Waals surface area contributed by atoms with Gasteiger partial charge in [0.05, 0.1) is 11.6 Å². The van der Waals surface area contributed by atoms with E-state index in [1.165, 1.54) is 5.57 Å². The minimum atomic E-state index is -0.830. The number of aliphatic carboxylic acids is 1. The first kappa shape index (κ1) is 17.2. The van der Waals surface area contributed by atoms with Crippen molar-refractivity contribution in [2.24, 2.45) is 5.92 Å². The average Bonchev–Trinajstić information content (AvgIpc) is 3.31. The molecule has 0 fully saturated rings. The minimum absolute atomic E-state index is 0.337. The Morgan fingerprint density at radius 3 is 2.84 bits per heavy atom. The second-order valence-electron chi connectivity index (χ2n) is 6.23. The molecular formula is C17H22N6O2. The highest BCUT2D eigenvalue weighted by Crippen LogP contribution is 2.30. The molecule has 2 aromatic rings. The molecule has 0 saturated carbocycles. The average molecular weight is 342 g/mol.